The Kier molecular flexibility index (Phi) is 5.88. The lowest BCUT2D eigenvalue weighted by molar-refractivity contribution is 0.102. The minimum atomic E-state index is 0.0811. The molecule has 16 heavy (non-hydrogen) atoms. The lowest BCUT2D eigenvalue weighted by Gasteiger charge is -2.06. The number of aliphatic hydroxyl groups is 1. The molecule has 1 aromatic carbocycles. The van der Waals surface area contributed by atoms with E-state index in [1.54, 1.807) is 36.0 Å². The molecule has 2 nitrogen and oxygen atoms in total. The first-order valence-electron chi connectivity index (χ1n) is 5.11. The summed E-state index contributed by atoms with van der Waals surface area (Å²) in [4.78, 5) is 11.7. The van der Waals surface area contributed by atoms with Gasteiger partial charge in [0.05, 0.1) is 5.75 Å². The Morgan fingerprint density at radius 1 is 1.56 bits per heavy atom. The summed E-state index contributed by atoms with van der Waals surface area (Å²) in [5.41, 5.74) is 0.650. The molecule has 1 aromatic rings. The Hall–Kier alpha value is -0.510. The fraction of sp³-hybridized carbons (Fsp3) is 0.417. The molecule has 1 atom stereocenters. The SMILES string of the molecule is CC(CO)CSCC(=O)c1cccc(Cl)c1. The van der Waals surface area contributed by atoms with Gasteiger partial charge in [0.15, 0.2) is 5.78 Å². The second-order valence-electron chi connectivity index (χ2n) is 3.74. The van der Waals surface area contributed by atoms with Crippen molar-refractivity contribution < 1.29 is 9.90 Å². The highest BCUT2D eigenvalue weighted by Crippen LogP contribution is 2.14. The van der Waals surface area contributed by atoms with Crippen molar-refractivity contribution in [2.75, 3.05) is 18.1 Å². The Labute approximate surface area is 105 Å². The number of halogens is 1. The Bertz CT molecular complexity index is 355. The van der Waals surface area contributed by atoms with Crippen LogP contribution < -0.4 is 0 Å². The van der Waals surface area contributed by atoms with Gasteiger partial charge in [-0.05, 0) is 23.8 Å². The molecule has 1 unspecified atom stereocenters. The number of hydrogen-bond acceptors (Lipinski definition) is 3. The Morgan fingerprint density at radius 2 is 2.31 bits per heavy atom. The van der Waals surface area contributed by atoms with Crippen molar-refractivity contribution in [1.82, 2.24) is 0 Å². The summed E-state index contributed by atoms with van der Waals surface area (Å²) in [6.45, 7) is 2.12. The van der Waals surface area contributed by atoms with Gasteiger partial charge in [0.25, 0.3) is 0 Å². The standard InChI is InChI=1S/C12H15ClO2S/c1-9(6-14)7-16-8-12(15)10-3-2-4-11(13)5-10/h2-5,9,14H,6-8H2,1H3. The van der Waals surface area contributed by atoms with E-state index < -0.39 is 0 Å². The van der Waals surface area contributed by atoms with Crippen molar-refractivity contribution in [2.24, 2.45) is 5.92 Å². The summed E-state index contributed by atoms with van der Waals surface area (Å²) in [5.74, 6) is 1.54. The van der Waals surface area contributed by atoms with E-state index in [-0.39, 0.29) is 18.3 Å². The summed E-state index contributed by atoms with van der Waals surface area (Å²) < 4.78 is 0. The minimum absolute atomic E-state index is 0.0811. The van der Waals surface area contributed by atoms with E-state index in [0.717, 1.165) is 5.75 Å². The summed E-state index contributed by atoms with van der Waals surface area (Å²) in [7, 11) is 0. The molecule has 0 heterocycles. The van der Waals surface area contributed by atoms with Crippen molar-refractivity contribution in [3.05, 3.63) is 34.9 Å². The number of aliphatic hydroxyl groups excluding tert-OH is 1. The van der Waals surface area contributed by atoms with Gasteiger partial charge < -0.3 is 5.11 Å². The number of rotatable bonds is 6. The topological polar surface area (TPSA) is 37.3 Å². The van der Waals surface area contributed by atoms with Crippen molar-refractivity contribution in [1.29, 1.82) is 0 Å². The number of hydrogen-bond donors (Lipinski definition) is 1. The zero-order chi connectivity index (χ0) is 12.0. The van der Waals surface area contributed by atoms with E-state index in [0.29, 0.717) is 16.3 Å². The molecule has 1 N–H and O–H groups in total. The maximum atomic E-state index is 11.7. The molecule has 0 amide bonds. The van der Waals surface area contributed by atoms with Gasteiger partial charge in [0, 0.05) is 17.2 Å². The number of thioether (sulfide) groups is 1. The summed E-state index contributed by atoms with van der Waals surface area (Å²) >= 11 is 7.35. The van der Waals surface area contributed by atoms with Crippen LogP contribution in [0, 0.1) is 5.92 Å². The van der Waals surface area contributed by atoms with Crippen molar-refractivity contribution in [3.8, 4) is 0 Å². The molecule has 88 valence electrons. The molecule has 0 aromatic heterocycles. The minimum Gasteiger partial charge on any atom is -0.396 e. The number of benzene rings is 1. The summed E-state index contributed by atoms with van der Waals surface area (Å²) in [5, 5.41) is 9.42. The summed E-state index contributed by atoms with van der Waals surface area (Å²) in [6, 6.07) is 6.97. The maximum Gasteiger partial charge on any atom is 0.172 e. The van der Waals surface area contributed by atoms with Crippen LogP contribution in [0.25, 0.3) is 0 Å². The molecule has 0 aliphatic heterocycles. The van der Waals surface area contributed by atoms with Crippen LogP contribution in [0.5, 0.6) is 0 Å². The monoisotopic (exact) mass is 258 g/mol. The molecule has 0 bridgehead atoms. The maximum absolute atomic E-state index is 11.7. The van der Waals surface area contributed by atoms with Gasteiger partial charge in [-0.15, -0.1) is 0 Å². The second kappa shape index (κ2) is 6.94. The molecule has 1 rings (SSSR count). The van der Waals surface area contributed by atoms with Gasteiger partial charge in [-0.25, -0.2) is 0 Å². The van der Waals surface area contributed by atoms with Crippen LogP contribution in [-0.2, 0) is 0 Å². The summed E-state index contributed by atoms with van der Waals surface area (Å²) in [6.07, 6.45) is 0. The van der Waals surface area contributed by atoms with Crippen LogP contribution in [-0.4, -0.2) is 29.0 Å². The molecule has 0 fully saturated rings. The van der Waals surface area contributed by atoms with Gasteiger partial charge in [0.1, 0.15) is 0 Å². The van der Waals surface area contributed by atoms with Gasteiger partial charge >= 0.3 is 0 Å². The lowest BCUT2D eigenvalue weighted by Crippen LogP contribution is -2.08. The molecule has 4 heteroatoms. The van der Waals surface area contributed by atoms with E-state index in [1.807, 2.05) is 6.92 Å². The number of ketones is 1. The molecular formula is C12H15ClO2S. The van der Waals surface area contributed by atoms with Crippen molar-refractivity contribution >= 4 is 29.1 Å². The normalized spacial score (nSPS) is 12.4. The van der Waals surface area contributed by atoms with Crippen molar-refractivity contribution in [3.63, 3.8) is 0 Å². The average molecular weight is 259 g/mol. The Morgan fingerprint density at radius 3 is 2.94 bits per heavy atom. The van der Waals surface area contributed by atoms with Crippen molar-refractivity contribution in [2.45, 2.75) is 6.92 Å². The molecule has 0 spiro atoms. The first-order chi connectivity index (χ1) is 7.63. The van der Waals surface area contributed by atoms with Crippen LogP contribution in [0.15, 0.2) is 24.3 Å². The highest BCUT2D eigenvalue weighted by atomic mass is 35.5. The van der Waals surface area contributed by atoms with Crippen LogP contribution in [0.2, 0.25) is 5.02 Å². The van der Waals surface area contributed by atoms with Crippen LogP contribution in [0.3, 0.4) is 0 Å². The van der Waals surface area contributed by atoms with Crippen LogP contribution in [0.1, 0.15) is 17.3 Å². The van der Waals surface area contributed by atoms with E-state index in [4.69, 9.17) is 16.7 Å². The zero-order valence-electron chi connectivity index (χ0n) is 9.15. The second-order valence-corrected chi connectivity index (χ2v) is 5.20. The molecule has 0 saturated heterocycles. The van der Waals surface area contributed by atoms with E-state index >= 15 is 0 Å². The zero-order valence-corrected chi connectivity index (χ0v) is 10.7. The fourth-order valence-corrected chi connectivity index (χ4v) is 2.32. The van der Waals surface area contributed by atoms with Gasteiger partial charge in [-0.2, -0.15) is 11.8 Å². The van der Waals surface area contributed by atoms with E-state index in [1.165, 1.54) is 0 Å². The number of carbonyl (C=O) groups is 1. The smallest absolute Gasteiger partial charge is 0.172 e. The van der Waals surface area contributed by atoms with E-state index in [2.05, 4.69) is 0 Å². The van der Waals surface area contributed by atoms with Crippen LogP contribution in [0.4, 0.5) is 0 Å². The highest BCUT2D eigenvalue weighted by Gasteiger charge is 2.07. The predicted octanol–water partition coefficient (Wildman–Crippen LogP) is 2.88. The molecule has 0 saturated carbocycles. The fourth-order valence-electron chi connectivity index (χ4n) is 1.15. The van der Waals surface area contributed by atoms with Gasteiger partial charge in [0.2, 0.25) is 0 Å². The first kappa shape index (κ1) is 13.6. The third-order valence-electron chi connectivity index (χ3n) is 2.09. The number of Topliss-reactive ketones (excluding diaryl/α,β-unsaturated/α-hetero) is 1. The number of carbonyl (C=O) groups excluding carboxylic acids is 1. The van der Waals surface area contributed by atoms with Crippen LogP contribution >= 0.6 is 23.4 Å². The molecule has 0 aliphatic rings. The lowest BCUT2D eigenvalue weighted by atomic mass is 10.1. The largest absolute Gasteiger partial charge is 0.396 e. The predicted molar refractivity (Wildman–Crippen MR) is 69.4 cm³/mol. The molecular weight excluding hydrogens is 244 g/mol. The molecule has 0 aliphatic carbocycles. The third-order valence-corrected chi connectivity index (χ3v) is 3.60. The quantitative estimate of drug-likeness (QED) is 0.798. The average Bonchev–Trinajstić information content (AvgIpc) is 2.28. The highest BCUT2D eigenvalue weighted by molar-refractivity contribution is 7.99. The van der Waals surface area contributed by atoms with E-state index in [9.17, 15) is 4.79 Å². The third kappa shape index (κ3) is 4.56. The Balaban J connectivity index is 2.41. The first-order valence-corrected chi connectivity index (χ1v) is 6.64. The van der Waals surface area contributed by atoms with Gasteiger partial charge in [-0.1, -0.05) is 30.7 Å². The molecule has 0 radical (unpaired) electrons. The van der Waals surface area contributed by atoms with Gasteiger partial charge in [-0.3, -0.25) is 4.79 Å².